The van der Waals surface area contributed by atoms with Crippen molar-refractivity contribution in [2.75, 3.05) is 19.0 Å². The summed E-state index contributed by atoms with van der Waals surface area (Å²) in [7, 11) is 1.27. The Kier molecular flexibility index (Phi) is 12.5. The Morgan fingerprint density at radius 1 is 0.912 bits per heavy atom. The number of anilines is 1. The molecule has 2 N–H and O–H groups in total. The molecule has 0 saturated heterocycles. The molecule has 0 radical (unpaired) electrons. The van der Waals surface area contributed by atoms with E-state index >= 15 is 0 Å². The van der Waals surface area contributed by atoms with Crippen LogP contribution in [0.15, 0.2) is 24.3 Å². The normalized spacial score (nSPS) is 12.9. The van der Waals surface area contributed by atoms with Crippen LogP contribution in [-0.2, 0) is 19.1 Å². The summed E-state index contributed by atoms with van der Waals surface area (Å²) in [6.45, 7) is 9.60. The van der Waals surface area contributed by atoms with Gasteiger partial charge in [-0.05, 0) is 64.8 Å². The van der Waals surface area contributed by atoms with Crippen LogP contribution in [0.1, 0.15) is 86.0 Å². The van der Waals surface area contributed by atoms with Crippen LogP contribution in [0.4, 0.5) is 10.5 Å². The van der Waals surface area contributed by atoms with Gasteiger partial charge in [0.2, 0.25) is 5.91 Å². The molecule has 0 aromatic heterocycles. The molecular formula is C26H42N2O6. The summed E-state index contributed by atoms with van der Waals surface area (Å²) in [5.41, 5.74) is -1.56. The molecule has 1 aromatic carbocycles. The summed E-state index contributed by atoms with van der Waals surface area (Å²) in [5, 5.41) is 5.41. The number of alkyl carbamates (subject to hydrolysis) is 1. The first kappa shape index (κ1) is 29.3. The van der Waals surface area contributed by atoms with Gasteiger partial charge < -0.3 is 24.8 Å². The lowest BCUT2D eigenvalue weighted by Gasteiger charge is -2.30. The van der Waals surface area contributed by atoms with Gasteiger partial charge in [-0.15, -0.1) is 0 Å². The maximum atomic E-state index is 13.1. The molecule has 1 unspecified atom stereocenters. The third-order valence-corrected chi connectivity index (χ3v) is 5.21. The maximum absolute atomic E-state index is 13.1. The Balaban J connectivity index is 2.70. The molecule has 0 bridgehead atoms. The number of carbonyl (C=O) groups excluding carboxylic acids is 3. The fourth-order valence-corrected chi connectivity index (χ4v) is 3.19. The van der Waals surface area contributed by atoms with E-state index in [0.29, 0.717) is 12.3 Å². The molecule has 0 aliphatic carbocycles. The number of rotatable bonds is 14. The Hall–Kier alpha value is -2.77. The molecule has 1 rings (SSSR count). The van der Waals surface area contributed by atoms with Crippen LogP contribution in [0, 0.1) is 0 Å². The van der Waals surface area contributed by atoms with Gasteiger partial charge in [0.25, 0.3) is 0 Å². The zero-order valence-electron chi connectivity index (χ0n) is 21.6. The number of hydrogen-bond donors (Lipinski definition) is 2. The molecule has 2 amide bonds. The first-order chi connectivity index (χ1) is 16.0. The molecule has 8 nitrogen and oxygen atoms in total. The standard InChI is InChI=1S/C26H42N2O6/c1-7-8-9-10-11-12-19-33-21-15-13-20(14-16-21)27-23(30)26(5,18-17-22(29)32-6)28-24(31)34-25(2,3)4/h13-16H,7-12,17-19H2,1-6H3,(H,27,30)(H,28,31). The average Bonchev–Trinajstić information content (AvgIpc) is 2.76. The van der Waals surface area contributed by atoms with Gasteiger partial charge in [0.1, 0.15) is 16.9 Å². The minimum atomic E-state index is -1.39. The number of carbonyl (C=O) groups is 3. The Morgan fingerprint density at radius 2 is 1.53 bits per heavy atom. The van der Waals surface area contributed by atoms with E-state index in [9.17, 15) is 14.4 Å². The van der Waals surface area contributed by atoms with Crippen molar-refractivity contribution < 1.29 is 28.6 Å². The minimum Gasteiger partial charge on any atom is -0.494 e. The van der Waals surface area contributed by atoms with Gasteiger partial charge in [-0.3, -0.25) is 9.59 Å². The summed E-state index contributed by atoms with van der Waals surface area (Å²) in [5.74, 6) is -0.216. The lowest BCUT2D eigenvalue weighted by atomic mass is 9.94. The highest BCUT2D eigenvalue weighted by atomic mass is 16.6. The fourth-order valence-electron chi connectivity index (χ4n) is 3.19. The van der Waals surface area contributed by atoms with Gasteiger partial charge in [-0.1, -0.05) is 39.0 Å². The van der Waals surface area contributed by atoms with Crippen LogP contribution >= 0.6 is 0 Å². The van der Waals surface area contributed by atoms with E-state index in [1.165, 1.54) is 32.8 Å². The van der Waals surface area contributed by atoms with Crippen LogP contribution in [-0.4, -0.2) is 42.8 Å². The molecule has 1 aromatic rings. The number of benzene rings is 1. The number of methoxy groups -OCH3 is 1. The molecule has 0 heterocycles. The van der Waals surface area contributed by atoms with E-state index in [-0.39, 0.29) is 12.8 Å². The summed E-state index contributed by atoms with van der Waals surface area (Å²) >= 11 is 0. The second-order valence-electron chi connectivity index (χ2n) is 9.63. The molecule has 192 valence electrons. The molecule has 1 atom stereocenters. The maximum Gasteiger partial charge on any atom is 0.408 e. The van der Waals surface area contributed by atoms with Crippen molar-refractivity contribution in [2.24, 2.45) is 0 Å². The lowest BCUT2D eigenvalue weighted by Crippen LogP contribution is -2.55. The van der Waals surface area contributed by atoms with Crippen LogP contribution in [0.5, 0.6) is 5.75 Å². The van der Waals surface area contributed by atoms with Gasteiger partial charge in [0.15, 0.2) is 0 Å². The number of hydrogen-bond acceptors (Lipinski definition) is 6. The molecule has 0 aliphatic rings. The summed E-state index contributed by atoms with van der Waals surface area (Å²) < 4.78 is 15.8. The summed E-state index contributed by atoms with van der Waals surface area (Å²) in [6, 6.07) is 7.06. The van der Waals surface area contributed by atoms with E-state index < -0.39 is 29.1 Å². The van der Waals surface area contributed by atoms with E-state index in [0.717, 1.165) is 18.6 Å². The lowest BCUT2D eigenvalue weighted by molar-refractivity contribution is -0.141. The van der Waals surface area contributed by atoms with Gasteiger partial charge >= 0.3 is 12.1 Å². The largest absolute Gasteiger partial charge is 0.494 e. The third kappa shape index (κ3) is 11.9. The molecule has 0 fully saturated rings. The highest BCUT2D eigenvalue weighted by Crippen LogP contribution is 2.21. The van der Waals surface area contributed by atoms with Gasteiger partial charge in [-0.25, -0.2) is 4.79 Å². The van der Waals surface area contributed by atoms with Gasteiger partial charge in [-0.2, -0.15) is 0 Å². The van der Waals surface area contributed by atoms with Crippen LogP contribution in [0.2, 0.25) is 0 Å². The number of ether oxygens (including phenoxy) is 3. The predicted molar refractivity (Wildman–Crippen MR) is 133 cm³/mol. The topological polar surface area (TPSA) is 103 Å². The number of esters is 1. The van der Waals surface area contributed by atoms with Gasteiger partial charge in [0.05, 0.1) is 13.7 Å². The Morgan fingerprint density at radius 3 is 2.12 bits per heavy atom. The van der Waals surface area contributed by atoms with E-state index in [1.807, 2.05) is 0 Å². The molecule has 0 spiro atoms. The van der Waals surface area contributed by atoms with Crippen molar-refractivity contribution in [3.8, 4) is 5.75 Å². The quantitative estimate of drug-likeness (QED) is 0.266. The molecular weight excluding hydrogens is 436 g/mol. The minimum absolute atomic E-state index is 0.0402. The summed E-state index contributed by atoms with van der Waals surface area (Å²) in [4.78, 5) is 37.1. The van der Waals surface area contributed by atoms with Crippen molar-refractivity contribution >= 4 is 23.7 Å². The second-order valence-corrected chi connectivity index (χ2v) is 9.63. The van der Waals surface area contributed by atoms with Crippen molar-refractivity contribution in [3.63, 3.8) is 0 Å². The van der Waals surface area contributed by atoms with Crippen LogP contribution < -0.4 is 15.4 Å². The number of nitrogens with one attached hydrogen (secondary N) is 2. The second kappa shape index (κ2) is 14.5. The smallest absolute Gasteiger partial charge is 0.408 e. The van der Waals surface area contributed by atoms with E-state index in [4.69, 9.17) is 9.47 Å². The predicted octanol–water partition coefficient (Wildman–Crippen LogP) is 5.60. The Bertz CT molecular complexity index is 772. The van der Waals surface area contributed by atoms with Crippen molar-refractivity contribution in [1.82, 2.24) is 5.32 Å². The van der Waals surface area contributed by atoms with Crippen molar-refractivity contribution in [1.29, 1.82) is 0 Å². The average molecular weight is 479 g/mol. The highest BCUT2D eigenvalue weighted by Gasteiger charge is 2.37. The first-order valence-electron chi connectivity index (χ1n) is 12.1. The number of unbranched alkanes of at least 4 members (excludes halogenated alkanes) is 5. The van der Waals surface area contributed by atoms with Crippen LogP contribution in [0.25, 0.3) is 0 Å². The Labute approximate surface area is 204 Å². The van der Waals surface area contributed by atoms with Gasteiger partial charge in [0, 0.05) is 12.1 Å². The molecule has 0 saturated carbocycles. The molecule has 0 aliphatic heterocycles. The molecule has 8 heteroatoms. The third-order valence-electron chi connectivity index (χ3n) is 5.21. The monoisotopic (exact) mass is 478 g/mol. The van der Waals surface area contributed by atoms with E-state index in [1.54, 1.807) is 52.0 Å². The summed E-state index contributed by atoms with van der Waals surface area (Å²) in [6.07, 6.45) is 6.45. The molecule has 34 heavy (non-hydrogen) atoms. The van der Waals surface area contributed by atoms with Crippen molar-refractivity contribution in [3.05, 3.63) is 24.3 Å². The van der Waals surface area contributed by atoms with E-state index in [2.05, 4.69) is 22.3 Å². The number of amides is 2. The first-order valence-corrected chi connectivity index (χ1v) is 12.1. The fraction of sp³-hybridized carbons (Fsp3) is 0.654. The zero-order chi connectivity index (χ0) is 25.6. The zero-order valence-corrected chi connectivity index (χ0v) is 21.6. The highest BCUT2D eigenvalue weighted by molar-refractivity contribution is 6.00. The van der Waals surface area contributed by atoms with Crippen molar-refractivity contribution in [2.45, 2.75) is 97.1 Å². The van der Waals surface area contributed by atoms with Crippen LogP contribution in [0.3, 0.4) is 0 Å². The SMILES string of the molecule is CCCCCCCCOc1ccc(NC(=O)C(C)(CCC(=O)OC)NC(=O)OC(C)(C)C)cc1.